The first kappa shape index (κ1) is 48.8. The molecule has 0 saturated carbocycles. The molecule has 58 heavy (non-hydrogen) atoms. The van der Waals surface area contributed by atoms with Crippen molar-refractivity contribution in [3.63, 3.8) is 0 Å². The van der Waals surface area contributed by atoms with E-state index in [9.17, 15) is 14.4 Å². The van der Waals surface area contributed by atoms with Crippen molar-refractivity contribution in [3.05, 3.63) is 65.2 Å². The fourth-order valence-corrected chi connectivity index (χ4v) is 6.47. The fraction of sp³-hybridized carbons (Fsp3) is 0.564. The highest BCUT2D eigenvalue weighted by Gasteiger charge is 2.28. The number of fused-ring (bicyclic) bond motifs is 2. The number of ether oxygens (including phenoxy) is 5. The second kappa shape index (κ2) is 28.0. The van der Waals surface area contributed by atoms with Gasteiger partial charge in [-0.05, 0) is 36.3 Å². The first-order valence-corrected chi connectivity index (χ1v) is 22.2. The molecule has 0 saturated heterocycles. The Hall–Kier alpha value is -3.52. The lowest BCUT2D eigenvalue weighted by molar-refractivity contribution is -0.125. The maximum atomic E-state index is 13.8. The van der Waals surface area contributed by atoms with Crippen LogP contribution in [0.25, 0.3) is 11.4 Å². The highest BCUT2D eigenvalue weighted by atomic mass is 32.5. The zero-order chi connectivity index (χ0) is 42.0. The molecule has 0 fully saturated rings. The van der Waals surface area contributed by atoms with Crippen LogP contribution in [0.5, 0.6) is 0 Å². The van der Waals surface area contributed by atoms with Crippen LogP contribution in [0.2, 0.25) is 0 Å². The van der Waals surface area contributed by atoms with Crippen LogP contribution < -0.4 is 27.1 Å². The molecule has 2 aromatic rings. The molecule has 3 amide bonds. The van der Waals surface area contributed by atoms with E-state index in [1.54, 1.807) is 9.91 Å². The third-order valence-corrected chi connectivity index (χ3v) is 9.57. The number of carbonyl (C=O) groups is 3. The molecule has 0 aliphatic carbocycles. The Balaban J connectivity index is 1.41. The van der Waals surface area contributed by atoms with Crippen LogP contribution in [0.4, 0.5) is 5.69 Å². The number of nitrogens with one attached hydrogen (secondary N) is 2. The highest BCUT2D eigenvalue weighted by Crippen LogP contribution is 2.37. The lowest BCUT2D eigenvalue weighted by Crippen LogP contribution is -2.38. The summed E-state index contributed by atoms with van der Waals surface area (Å²) in [7, 11) is 0. The van der Waals surface area contributed by atoms with Gasteiger partial charge in [0.15, 0.2) is 0 Å². The normalized spacial score (nSPS) is 14.0. The van der Waals surface area contributed by atoms with Gasteiger partial charge in [-0.1, -0.05) is 55.3 Å². The van der Waals surface area contributed by atoms with Crippen LogP contribution in [0.3, 0.4) is 0 Å². The van der Waals surface area contributed by atoms with Crippen LogP contribution in [0, 0.1) is 0 Å². The maximum Gasteiger partial charge on any atom is 0.321 e. The van der Waals surface area contributed by atoms with Gasteiger partial charge in [0, 0.05) is 44.0 Å². The predicted molar refractivity (Wildman–Crippen MR) is 224 cm³/mol. The smallest absolute Gasteiger partial charge is 0.321 e. The monoisotopic (exact) mass is 852 g/mol. The third kappa shape index (κ3) is 19.5. The number of carbonyl (C=O) groups excluding carboxylic acids is 3. The molecule has 1 aliphatic rings. The molecule has 2 aromatic carbocycles. The van der Waals surface area contributed by atoms with Gasteiger partial charge in [0.05, 0.1) is 103 Å². The van der Waals surface area contributed by atoms with Gasteiger partial charge in [-0.3, -0.25) is 14.4 Å². The number of hydrogen-bond acceptors (Lipinski definition) is 13. The Morgan fingerprint density at radius 1 is 0.741 bits per heavy atom. The Bertz CT molecular complexity index is 1630. The molecule has 0 bridgehead atoms. The molecular formula is C39H61N6O11PS. The number of hydrazine groups is 1. The molecule has 0 aromatic heterocycles. The molecule has 0 spiro atoms. The number of nitrogens with two attached hydrogens (primary N) is 2. The highest BCUT2D eigenvalue weighted by molar-refractivity contribution is 8.06. The fourth-order valence-electron chi connectivity index (χ4n) is 5.88. The van der Waals surface area contributed by atoms with E-state index in [0.29, 0.717) is 115 Å². The van der Waals surface area contributed by atoms with Crippen molar-refractivity contribution in [1.82, 2.24) is 15.6 Å². The van der Waals surface area contributed by atoms with Crippen LogP contribution in [-0.4, -0.2) is 125 Å². The van der Waals surface area contributed by atoms with E-state index in [0.717, 1.165) is 30.4 Å². The van der Waals surface area contributed by atoms with Crippen LogP contribution in [-0.2, 0) is 60.9 Å². The molecule has 324 valence electrons. The summed E-state index contributed by atoms with van der Waals surface area (Å²) in [6.45, 7) is 3.73. The van der Waals surface area contributed by atoms with Gasteiger partial charge in [-0.25, -0.2) is 5.84 Å². The van der Waals surface area contributed by atoms with E-state index < -0.39 is 6.72 Å². The molecule has 0 atom stereocenters. The summed E-state index contributed by atoms with van der Waals surface area (Å²) in [6.07, 6.45) is 3.04. The number of rotatable bonds is 30. The van der Waals surface area contributed by atoms with Crippen molar-refractivity contribution in [2.45, 2.75) is 52.0 Å². The van der Waals surface area contributed by atoms with Crippen LogP contribution >= 0.6 is 6.72 Å². The molecule has 17 nitrogen and oxygen atoms in total. The van der Waals surface area contributed by atoms with E-state index in [-0.39, 0.29) is 43.7 Å². The van der Waals surface area contributed by atoms with E-state index in [1.807, 2.05) is 48.5 Å². The largest absolute Gasteiger partial charge is 0.396 e. The number of anilines is 1. The SMILES string of the molecule is CC(=O)NCCOCCOCCOCCOCCOCCN(N)/C1=C(\N)c2ccccc2N(C(=O)CCC(=O)NCCCCCCOP(O)(O)=S)Cc2ccccc21. The van der Waals surface area contributed by atoms with Crippen LogP contribution in [0.1, 0.15) is 62.1 Å². The molecule has 19 heteroatoms. The zero-order valence-electron chi connectivity index (χ0n) is 33.4. The summed E-state index contributed by atoms with van der Waals surface area (Å²) < 4.78 is 32.5. The zero-order valence-corrected chi connectivity index (χ0v) is 35.2. The lowest BCUT2D eigenvalue weighted by atomic mass is 9.95. The van der Waals surface area contributed by atoms with E-state index in [4.69, 9.17) is 49.6 Å². The topological polar surface area (TPSA) is 230 Å². The molecular weight excluding hydrogens is 792 g/mol. The summed E-state index contributed by atoms with van der Waals surface area (Å²) in [5, 5.41) is 7.11. The van der Waals surface area contributed by atoms with Crippen molar-refractivity contribution in [2.24, 2.45) is 11.6 Å². The number of benzene rings is 2. The number of unbranched alkanes of at least 4 members (excludes halogenated alkanes) is 3. The number of para-hydroxylation sites is 1. The van der Waals surface area contributed by atoms with E-state index in [1.165, 1.54) is 6.92 Å². The van der Waals surface area contributed by atoms with Gasteiger partial charge in [-0.2, -0.15) is 0 Å². The first-order valence-electron chi connectivity index (χ1n) is 19.6. The summed E-state index contributed by atoms with van der Waals surface area (Å²) in [4.78, 5) is 57.1. The number of hydrogen-bond donors (Lipinski definition) is 6. The van der Waals surface area contributed by atoms with E-state index >= 15 is 0 Å². The van der Waals surface area contributed by atoms with Gasteiger partial charge in [0.2, 0.25) is 17.7 Å². The Morgan fingerprint density at radius 2 is 1.31 bits per heavy atom. The van der Waals surface area contributed by atoms with Crippen molar-refractivity contribution in [3.8, 4) is 0 Å². The van der Waals surface area contributed by atoms with Gasteiger partial charge in [0.25, 0.3) is 0 Å². The average molecular weight is 853 g/mol. The van der Waals surface area contributed by atoms with Crippen molar-refractivity contribution in [2.75, 3.05) is 97.2 Å². The predicted octanol–water partition coefficient (Wildman–Crippen LogP) is 2.40. The third-order valence-electron chi connectivity index (χ3n) is 8.73. The Labute approximate surface area is 346 Å². The minimum absolute atomic E-state index is 0.0111. The molecule has 3 rings (SSSR count). The second-order valence-corrected chi connectivity index (χ2v) is 15.9. The molecule has 1 aliphatic heterocycles. The van der Waals surface area contributed by atoms with Gasteiger partial charge < -0.3 is 64.3 Å². The standard InChI is InChI=1S/C39H61N6O11PS/c1-31(46)42-17-20-51-22-24-53-26-28-55-29-27-54-25-23-52-21-18-45(41)39-33-11-5-4-10-32(33)30-44(35-13-7-6-12-34(35)38(39)40)37(48)15-14-36(47)43-16-8-2-3-9-19-56-57(49,50)58/h4-7,10-13H,2-3,8-9,14-30,40-41H2,1H3,(H,42,46)(H,43,47)(H2,49,50,58)/b39-38-. The minimum Gasteiger partial charge on any atom is -0.396 e. The number of amides is 3. The Kier molecular flexibility index (Phi) is 23.6. The molecule has 0 radical (unpaired) electrons. The van der Waals surface area contributed by atoms with Crippen molar-refractivity contribution >= 4 is 53.3 Å². The van der Waals surface area contributed by atoms with Crippen molar-refractivity contribution in [1.29, 1.82) is 0 Å². The Morgan fingerprint density at radius 3 is 1.95 bits per heavy atom. The van der Waals surface area contributed by atoms with E-state index in [2.05, 4.69) is 22.4 Å². The quantitative estimate of drug-likeness (QED) is 0.0287. The van der Waals surface area contributed by atoms with Gasteiger partial charge in [0.1, 0.15) is 0 Å². The second-order valence-electron chi connectivity index (χ2n) is 13.2. The lowest BCUT2D eigenvalue weighted by Gasteiger charge is -2.33. The van der Waals surface area contributed by atoms with Crippen molar-refractivity contribution < 1.29 is 52.4 Å². The molecule has 0 unspecified atom stereocenters. The molecule has 8 N–H and O–H groups in total. The first-order chi connectivity index (χ1) is 28.0. The number of nitrogens with zero attached hydrogens (tertiary/aromatic N) is 2. The average Bonchev–Trinajstić information content (AvgIpc) is 3.19. The molecule has 1 heterocycles. The van der Waals surface area contributed by atoms with Crippen LogP contribution in [0.15, 0.2) is 48.5 Å². The summed E-state index contributed by atoms with van der Waals surface area (Å²) in [5.41, 5.74) is 10.8. The summed E-state index contributed by atoms with van der Waals surface area (Å²) in [6, 6.07) is 15.1. The van der Waals surface area contributed by atoms with Gasteiger partial charge >= 0.3 is 6.72 Å². The van der Waals surface area contributed by atoms with Gasteiger partial charge in [-0.15, -0.1) is 0 Å². The maximum absolute atomic E-state index is 13.8. The summed E-state index contributed by atoms with van der Waals surface area (Å²) >= 11 is 4.43. The summed E-state index contributed by atoms with van der Waals surface area (Å²) in [5.74, 6) is 6.16. The minimum atomic E-state index is -3.62.